The van der Waals surface area contributed by atoms with E-state index in [1.807, 2.05) is 24.3 Å². The Hall–Kier alpha value is -3.12. The fourth-order valence-corrected chi connectivity index (χ4v) is 3.12. The number of aryl methyl sites for hydroxylation is 1. The van der Waals surface area contributed by atoms with Crippen molar-refractivity contribution in [1.82, 2.24) is 9.88 Å². The lowest BCUT2D eigenvalue weighted by atomic mass is 10.1. The highest BCUT2D eigenvalue weighted by Gasteiger charge is 2.14. The predicted molar refractivity (Wildman–Crippen MR) is 111 cm³/mol. The minimum Gasteiger partial charge on any atom is -0.345 e. The first-order valence-electron chi connectivity index (χ1n) is 8.77. The number of fused-ring (bicyclic) bond motifs is 1. The van der Waals surface area contributed by atoms with Gasteiger partial charge in [0.1, 0.15) is 0 Å². The third kappa shape index (κ3) is 4.40. The summed E-state index contributed by atoms with van der Waals surface area (Å²) in [7, 11) is 3.28. The van der Waals surface area contributed by atoms with Gasteiger partial charge in [0, 0.05) is 37.3 Å². The molecule has 0 aliphatic heterocycles. The Morgan fingerprint density at radius 1 is 1.11 bits per heavy atom. The fourth-order valence-electron chi connectivity index (χ4n) is 2.86. The second-order valence-corrected chi connectivity index (χ2v) is 7.06. The standard InChI is InChI=1S/C21H20ClN3O3/c1-25(2)21(28)16-9-8-15(12-17(16)22)23-19(26)10-7-14-11-13-5-3-4-6-18(13)24-20(14)27/h3-6,8-9,11-12H,7,10H2,1-2H3,(H,23,26)(H,24,27). The zero-order valence-electron chi connectivity index (χ0n) is 15.6. The van der Waals surface area contributed by atoms with Crippen molar-refractivity contribution in [2.75, 3.05) is 19.4 Å². The van der Waals surface area contributed by atoms with Crippen LogP contribution in [0.15, 0.2) is 53.3 Å². The monoisotopic (exact) mass is 397 g/mol. The van der Waals surface area contributed by atoms with Crippen LogP contribution in [0, 0.1) is 0 Å². The van der Waals surface area contributed by atoms with Gasteiger partial charge in [0.15, 0.2) is 0 Å². The number of aromatic amines is 1. The van der Waals surface area contributed by atoms with E-state index in [0.29, 0.717) is 23.2 Å². The molecule has 0 saturated carbocycles. The molecule has 0 fully saturated rings. The van der Waals surface area contributed by atoms with Gasteiger partial charge in [0.2, 0.25) is 5.91 Å². The number of pyridine rings is 1. The van der Waals surface area contributed by atoms with Gasteiger partial charge in [0.25, 0.3) is 11.5 Å². The van der Waals surface area contributed by atoms with Gasteiger partial charge < -0.3 is 15.2 Å². The summed E-state index contributed by atoms with van der Waals surface area (Å²) in [6, 6.07) is 14.0. The summed E-state index contributed by atoms with van der Waals surface area (Å²) in [4.78, 5) is 40.7. The predicted octanol–water partition coefficient (Wildman–Crippen LogP) is 3.45. The first kappa shape index (κ1) is 19.6. The Balaban J connectivity index is 1.66. The van der Waals surface area contributed by atoms with E-state index in [0.717, 1.165) is 10.9 Å². The van der Waals surface area contributed by atoms with Crippen molar-refractivity contribution in [1.29, 1.82) is 0 Å². The van der Waals surface area contributed by atoms with E-state index in [4.69, 9.17) is 11.6 Å². The molecule has 0 saturated heterocycles. The second kappa shape index (κ2) is 8.27. The van der Waals surface area contributed by atoms with Crippen LogP contribution in [0.25, 0.3) is 10.9 Å². The Morgan fingerprint density at radius 2 is 1.86 bits per heavy atom. The van der Waals surface area contributed by atoms with Crippen LogP contribution in [0.5, 0.6) is 0 Å². The third-order valence-electron chi connectivity index (χ3n) is 4.34. The van der Waals surface area contributed by atoms with Crippen LogP contribution in [-0.4, -0.2) is 35.8 Å². The molecular formula is C21H20ClN3O3. The van der Waals surface area contributed by atoms with E-state index < -0.39 is 0 Å². The highest BCUT2D eigenvalue weighted by atomic mass is 35.5. The number of benzene rings is 2. The molecule has 2 N–H and O–H groups in total. The molecule has 28 heavy (non-hydrogen) atoms. The van der Waals surface area contributed by atoms with Crippen LogP contribution in [0.2, 0.25) is 5.02 Å². The van der Waals surface area contributed by atoms with E-state index in [9.17, 15) is 14.4 Å². The number of carbonyl (C=O) groups is 2. The van der Waals surface area contributed by atoms with Gasteiger partial charge in [-0.3, -0.25) is 14.4 Å². The number of nitrogens with one attached hydrogen (secondary N) is 2. The van der Waals surface area contributed by atoms with Gasteiger partial charge in [-0.15, -0.1) is 0 Å². The number of rotatable bonds is 5. The molecular weight excluding hydrogens is 378 g/mol. The molecule has 1 heterocycles. The molecule has 0 aliphatic rings. The molecule has 0 bridgehead atoms. The maximum Gasteiger partial charge on any atom is 0.254 e. The van der Waals surface area contributed by atoms with Crippen molar-refractivity contribution < 1.29 is 9.59 Å². The number of hydrogen-bond donors (Lipinski definition) is 2. The number of halogens is 1. The number of aromatic nitrogens is 1. The number of carbonyl (C=O) groups excluding carboxylic acids is 2. The zero-order chi connectivity index (χ0) is 20.3. The fraction of sp³-hybridized carbons (Fsp3) is 0.190. The van der Waals surface area contributed by atoms with Crippen molar-refractivity contribution in [2.45, 2.75) is 12.8 Å². The van der Waals surface area contributed by atoms with Gasteiger partial charge in [-0.1, -0.05) is 29.8 Å². The third-order valence-corrected chi connectivity index (χ3v) is 4.65. The Bertz CT molecular complexity index is 1110. The number of hydrogen-bond acceptors (Lipinski definition) is 3. The van der Waals surface area contributed by atoms with Gasteiger partial charge >= 0.3 is 0 Å². The summed E-state index contributed by atoms with van der Waals surface area (Å²) >= 11 is 6.16. The summed E-state index contributed by atoms with van der Waals surface area (Å²) in [6.07, 6.45) is 0.467. The van der Waals surface area contributed by atoms with Crippen molar-refractivity contribution in [2.24, 2.45) is 0 Å². The molecule has 2 aromatic carbocycles. The number of H-pyrrole nitrogens is 1. The molecule has 6 nitrogen and oxygen atoms in total. The summed E-state index contributed by atoms with van der Waals surface area (Å²) in [5, 5.41) is 3.93. The quantitative estimate of drug-likeness (QED) is 0.691. The highest BCUT2D eigenvalue weighted by Crippen LogP contribution is 2.22. The number of para-hydroxylation sites is 1. The zero-order valence-corrected chi connectivity index (χ0v) is 16.3. The maximum absolute atomic E-state index is 12.3. The van der Waals surface area contributed by atoms with Crippen molar-refractivity contribution in [3.8, 4) is 0 Å². The number of amides is 2. The minimum atomic E-state index is -0.240. The Kier molecular flexibility index (Phi) is 5.80. The lowest BCUT2D eigenvalue weighted by molar-refractivity contribution is -0.116. The van der Waals surface area contributed by atoms with Crippen LogP contribution in [0.1, 0.15) is 22.3 Å². The van der Waals surface area contributed by atoms with Gasteiger partial charge in [-0.25, -0.2) is 0 Å². The molecule has 3 rings (SSSR count). The average molecular weight is 398 g/mol. The van der Waals surface area contributed by atoms with Crippen molar-refractivity contribution in [3.63, 3.8) is 0 Å². The summed E-state index contributed by atoms with van der Waals surface area (Å²) < 4.78 is 0. The molecule has 0 atom stereocenters. The molecule has 1 aromatic heterocycles. The SMILES string of the molecule is CN(C)C(=O)c1ccc(NC(=O)CCc2cc3ccccc3[nH]c2=O)cc1Cl. The molecule has 2 amide bonds. The maximum atomic E-state index is 12.3. The molecule has 3 aromatic rings. The number of anilines is 1. The first-order chi connectivity index (χ1) is 13.3. The molecule has 0 aliphatic carbocycles. The molecule has 0 spiro atoms. The largest absolute Gasteiger partial charge is 0.345 e. The normalized spacial score (nSPS) is 10.7. The Morgan fingerprint density at radius 3 is 2.57 bits per heavy atom. The van der Waals surface area contributed by atoms with E-state index in [1.165, 1.54) is 4.90 Å². The molecule has 7 heteroatoms. The van der Waals surface area contributed by atoms with Crippen LogP contribution < -0.4 is 10.9 Å². The van der Waals surface area contributed by atoms with E-state index in [1.54, 1.807) is 38.4 Å². The lowest BCUT2D eigenvalue weighted by Crippen LogP contribution is -2.22. The van der Waals surface area contributed by atoms with Crippen molar-refractivity contribution in [3.05, 3.63) is 75.0 Å². The summed E-state index contributed by atoms with van der Waals surface area (Å²) in [5.74, 6) is -0.450. The first-order valence-corrected chi connectivity index (χ1v) is 9.15. The van der Waals surface area contributed by atoms with E-state index in [2.05, 4.69) is 10.3 Å². The lowest BCUT2D eigenvalue weighted by Gasteiger charge is -2.13. The van der Waals surface area contributed by atoms with Crippen LogP contribution >= 0.6 is 11.6 Å². The minimum absolute atomic E-state index is 0.150. The number of nitrogens with zero attached hydrogens (tertiary/aromatic N) is 1. The van der Waals surface area contributed by atoms with Crippen molar-refractivity contribution >= 4 is 40.0 Å². The van der Waals surface area contributed by atoms with E-state index in [-0.39, 0.29) is 28.8 Å². The average Bonchev–Trinajstić information content (AvgIpc) is 2.66. The smallest absolute Gasteiger partial charge is 0.254 e. The van der Waals surface area contributed by atoms with Crippen LogP contribution in [-0.2, 0) is 11.2 Å². The highest BCUT2D eigenvalue weighted by molar-refractivity contribution is 6.34. The van der Waals surface area contributed by atoms with Crippen LogP contribution in [0.3, 0.4) is 0 Å². The van der Waals surface area contributed by atoms with Gasteiger partial charge in [-0.05, 0) is 42.1 Å². The van der Waals surface area contributed by atoms with Gasteiger partial charge in [0.05, 0.1) is 10.6 Å². The van der Waals surface area contributed by atoms with Gasteiger partial charge in [-0.2, -0.15) is 0 Å². The summed E-state index contributed by atoms with van der Waals surface area (Å²) in [6.45, 7) is 0. The van der Waals surface area contributed by atoms with Crippen LogP contribution in [0.4, 0.5) is 5.69 Å². The summed E-state index contributed by atoms with van der Waals surface area (Å²) in [5.41, 5.74) is 1.99. The molecule has 0 radical (unpaired) electrons. The topological polar surface area (TPSA) is 82.3 Å². The second-order valence-electron chi connectivity index (χ2n) is 6.65. The van der Waals surface area contributed by atoms with E-state index >= 15 is 0 Å². The molecule has 0 unspecified atom stereocenters. The Labute approximate surface area is 167 Å². The molecule has 144 valence electrons.